The summed E-state index contributed by atoms with van der Waals surface area (Å²) in [7, 11) is 3.29. The first-order chi connectivity index (χ1) is 13.0. The van der Waals surface area contributed by atoms with Gasteiger partial charge in [0.2, 0.25) is 0 Å². The molecule has 138 valence electrons. The monoisotopic (exact) mass is 363 g/mol. The number of ether oxygens (including phenoxy) is 1. The maximum atomic E-state index is 12.9. The van der Waals surface area contributed by atoms with Crippen LogP contribution in [0.15, 0.2) is 52.7 Å². The predicted octanol–water partition coefficient (Wildman–Crippen LogP) is 2.91. The maximum absolute atomic E-state index is 12.9. The van der Waals surface area contributed by atoms with E-state index in [1.807, 2.05) is 56.3 Å². The van der Waals surface area contributed by atoms with Crippen molar-refractivity contribution in [2.75, 3.05) is 14.2 Å². The Morgan fingerprint density at radius 1 is 1.04 bits per heavy atom. The van der Waals surface area contributed by atoms with Crippen molar-refractivity contribution in [1.82, 2.24) is 5.01 Å². The molecule has 6 heteroatoms. The minimum absolute atomic E-state index is 0.115. The molecule has 2 aromatic rings. The van der Waals surface area contributed by atoms with Crippen LogP contribution in [0.4, 0.5) is 0 Å². The molecule has 2 atom stereocenters. The Labute approximate surface area is 158 Å². The molecule has 1 amide bonds. The zero-order valence-electron chi connectivity index (χ0n) is 15.8. The van der Waals surface area contributed by atoms with E-state index in [0.29, 0.717) is 11.4 Å². The van der Waals surface area contributed by atoms with Crippen molar-refractivity contribution in [2.45, 2.75) is 20.0 Å². The van der Waals surface area contributed by atoms with Gasteiger partial charge in [-0.05, 0) is 49.2 Å². The van der Waals surface area contributed by atoms with Gasteiger partial charge in [-0.2, -0.15) is 5.10 Å². The number of benzene rings is 2. The standard InChI is InChI=1S/C21H21N3O3/c1-12-6-5-7-13(2)16(12)19-17-20(27-23-19)18(22-24(3)21(17)25)14-8-10-15(26-4)11-9-14/h5-11,17,20H,1-4H3/t17-,20-/m0/s1. The third-order valence-corrected chi connectivity index (χ3v) is 5.10. The second kappa shape index (κ2) is 6.54. The quantitative estimate of drug-likeness (QED) is 0.842. The Kier molecular flexibility index (Phi) is 4.18. The number of carbonyl (C=O) groups is 1. The first-order valence-electron chi connectivity index (χ1n) is 8.82. The molecule has 4 rings (SSSR count). The van der Waals surface area contributed by atoms with Crippen molar-refractivity contribution >= 4 is 17.3 Å². The van der Waals surface area contributed by atoms with Crippen LogP contribution in [0.2, 0.25) is 0 Å². The minimum atomic E-state index is -0.531. The van der Waals surface area contributed by atoms with Crippen LogP contribution in [0.5, 0.6) is 5.75 Å². The molecule has 6 nitrogen and oxygen atoms in total. The lowest BCUT2D eigenvalue weighted by Crippen LogP contribution is -2.48. The Morgan fingerprint density at radius 3 is 2.33 bits per heavy atom. The van der Waals surface area contributed by atoms with Crippen molar-refractivity contribution in [2.24, 2.45) is 16.2 Å². The maximum Gasteiger partial charge on any atom is 0.256 e. The lowest BCUT2D eigenvalue weighted by Gasteiger charge is -2.29. The van der Waals surface area contributed by atoms with E-state index in [2.05, 4.69) is 10.3 Å². The second-order valence-electron chi connectivity index (χ2n) is 6.82. The molecule has 0 saturated carbocycles. The van der Waals surface area contributed by atoms with E-state index in [9.17, 15) is 4.79 Å². The summed E-state index contributed by atoms with van der Waals surface area (Å²) in [5.41, 5.74) is 5.36. The lowest BCUT2D eigenvalue weighted by molar-refractivity contribution is -0.134. The van der Waals surface area contributed by atoms with Gasteiger partial charge in [-0.25, -0.2) is 5.01 Å². The van der Waals surface area contributed by atoms with Crippen LogP contribution < -0.4 is 4.74 Å². The predicted molar refractivity (Wildman–Crippen MR) is 103 cm³/mol. The van der Waals surface area contributed by atoms with E-state index in [4.69, 9.17) is 9.57 Å². The van der Waals surface area contributed by atoms with Gasteiger partial charge < -0.3 is 9.57 Å². The zero-order valence-corrected chi connectivity index (χ0v) is 15.8. The summed E-state index contributed by atoms with van der Waals surface area (Å²) in [5.74, 6) is 0.136. The lowest BCUT2D eigenvalue weighted by atomic mass is 9.83. The van der Waals surface area contributed by atoms with E-state index in [-0.39, 0.29) is 5.91 Å². The number of oxime groups is 1. The number of nitrogens with zero attached hydrogens (tertiary/aromatic N) is 3. The Balaban J connectivity index is 1.76. The molecule has 2 heterocycles. The van der Waals surface area contributed by atoms with Crippen LogP contribution in [0.25, 0.3) is 0 Å². The van der Waals surface area contributed by atoms with Crippen LogP contribution in [0.3, 0.4) is 0 Å². The van der Waals surface area contributed by atoms with E-state index in [0.717, 1.165) is 28.0 Å². The number of hydrazone groups is 1. The molecule has 0 spiro atoms. The van der Waals surface area contributed by atoms with Crippen molar-refractivity contribution in [3.8, 4) is 5.75 Å². The topological polar surface area (TPSA) is 63.5 Å². The highest BCUT2D eigenvalue weighted by atomic mass is 16.6. The molecule has 27 heavy (non-hydrogen) atoms. The van der Waals surface area contributed by atoms with Crippen LogP contribution in [0.1, 0.15) is 22.3 Å². The average molecular weight is 363 g/mol. The van der Waals surface area contributed by atoms with Gasteiger partial charge in [-0.1, -0.05) is 23.4 Å². The van der Waals surface area contributed by atoms with Gasteiger partial charge in [0.25, 0.3) is 5.91 Å². The molecule has 2 aliphatic heterocycles. The van der Waals surface area contributed by atoms with Gasteiger partial charge >= 0.3 is 0 Å². The Morgan fingerprint density at radius 2 is 1.70 bits per heavy atom. The molecule has 0 fully saturated rings. The molecule has 0 aromatic heterocycles. The summed E-state index contributed by atoms with van der Waals surface area (Å²) in [4.78, 5) is 18.7. The van der Waals surface area contributed by atoms with Crippen molar-refractivity contribution in [1.29, 1.82) is 0 Å². The molecular formula is C21H21N3O3. The Hall–Kier alpha value is -3.15. The van der Waals surface area contributed by atoms with Gasteiger partial charge in [-0.3, -0.25) is 4.79 Å². The minimum Gasteiger partial charge on any atom is -0.497 e. The summed E-state index contributed by atoms with van der Waals surface area (Å²) in [6, 6.07) is 13.6. The van der Waals surface area contributed by atoms with Crippen molar-refractivity contribution in [3.63, 3.8) is 0 Å². The molecule has 0 unspecified atom stereocenters. The molecular weight excluding hydrogens is 342 g/mol. The summed E-state index contributed by atoms with van der Waals surface area (Å²) in [6.45, 7) is 4.04. The molecule has 0 N–H and O–H groups in total. The number of amides is 1. The fourth-order valence-corrected chi connectivity index (χ4v) is 3.70. The van der Waals surface area contributed by atoms with Gasteiger partial charge in [-0.15, -0.1) is 0 Å². The van der Waals surface area contributed by atoms with Gasteiger partial charge in [0.15, 0.2) is 6.10 Å². The van der Waals surface area contributed by atoms with Crippen LogP contribution in [-0.4, -0.2) is 42.6 Å². The highest BCUT2D eigenvalue weighted by Gasteiger charge is 2.48. The smallest absolute Gasteiger partial charge is 0.256 e. The van der Waals surface area contributed by atoms with E-state index >= 15 is 0 Å². The SMILES string of the molecule is COc1ccc(C2=NN(C)C(=O)[C@H]3C(c4c(C)cccc4C)=NO[C@H]23)cc1. The third-order valence-electron chi connectivity index (χ3n) is 5.10. The summed E-state index contributed by atoms with van der Waals surface area (Å²) >= 11 is 0. The number of aryl methyl sites for hydroxylation is 2. The highest BCUT2D eigenvalue weighted by molar-refractivity contribution is 6.21. The van der Waals surface area contributed by atoms with E-state index in [1.165, 1.54) is 5.01 Å². The number of carbonyl (C=O) groups excluding carboxylic acids is 1. The average Bonchev–Trinajstić information content (AvgIpc) is 3.10. The van der Waals surface area contributed by atoms with Gasteiger partial charge in [0.05, 0.1) is 7.11 Å². The number of fused-ring (bicyclic) bond motifs is 1. The normalized spacial score (nSPS) is 21.3. The number of methoxy groups -OCH3 is 1. The molecule has 2 aliphatic rings. The van der Waals surface area contributed by atoms with Gasteiger partial charge in [0.1, 0.15) is 23.1 Å². The summed E-state index contributed by atoms with van der Waals surface area (Å²) in [5, 5.41) is 10.2. The fraction of sp³-hybridized carbons (Fsp3) is 0.286. The number of hydrogen-bond acceptors (Lipinski definition) is 5. The van der Waals surface area contributed by atoms with E-state index in [1.54, 1.807) is 14.2 Å². The second-order valence-corrected chi connectivity index (χ2v) is 6.82. The van der Waals surface area contributed by atoms with Crippen LogP contribution in [0, 0.1) is 19.8 Å². The van der Waals surface area contributed by atoms with Gasteiger partial charge in [0, 0.05) is 18.2 Å². The van der Waals surface area contributed by atoms with E-state index < -0.39 is 12.0 Å². The molecule has 0 bridgehead atoms. The highest BCUT2D eigenvalue weighted by Crippen LogP contribution is 2.33. The molecule has 2 aromatic carbocycles. The summed E-state index contributed by atoms with van der Waals surface area (Å²) in [6.07, 6.45) is -0.531. The third kappa shape index (κ3) is 2.77. The summed E-state index contributed by atoms with van der Waals surface area (Å²) < 4.78 is 5.22. The van der Waals surface area contributed by atoms with Crippen LogP contribution in [-0.2, 0) is 9.63 Å². The molecule has 0 radical (unpaired) electrons. The fourth-order valence-electron chi connectivity index (χ4n) is 3.70. The van der Waals surface area contributed by atoms with Crippen molar-refractivity contribution < 1.29 is 14.4 Å². The first kappa shape index (κ1) is 17.3. The first-order valence-corrected chi connectivity index (χ1v) is 8.82. The Bertz CT molecular complexity index is 943. The van der Waals surface area contributed by atoms with Crippen LogP contribution >= 0.6 is 0 Å². The largest absolute Gasteiger partial charge is 0.497 e. The number of rotatable bonds is 3. The number of hydrogen-bond donors (Lipinski definition) is 0. The van der Waals surface area contributed by atoms with Crippen molar-refractivity contribution in [3.05, 3.63) is 64.7 Å². The zero-order chi connectivity index (χ0) is 19.1. The molecule has 0 saturated heterocycles. The molecule has 0 aliphatic carbocycles.